The second kappa shape index (κ2) is 9.02. The standard InChI is InChI=1S/C19H15ClF3N7O3/c20-13-9-12(19(21,22)23)10-25-17(13)33-18-15(30(31)32)16(26-11-27-18)29-7-5-28(6-8-29)14-3-1-2-4-24-14/h1-4,9-11H,5-8H2. The maximum absolute atomic E-state index is 12.8. The van der Waals surface area contributed by atoms with E-state index >= 15 is 0 Å². The first-order chi connectivity index (χ1) is 15.7. The normalized spacial score (nSPS) is 14.3. The summed E-state index contributed by atoms with van der Waals surface area (Å²) in [6.45, 7) is 1.90. The Balaban J connectivity index is 1.58. The highest BCUT2D eigenvalue weighted by Gasteiger charge is 2.34. The molecule has 1 fully saturated rings. The minimum atomic E-state index is -4.65. The molecule has 0 radical (unpaired) electrons. The Morgan fingerprint density at radius 1 is 1.03 bits per heavy atom. The van der Waals surface area contributed by atoms with Crippen molar-refractivity contribution < 1.29 is 22.8 Å². The fourth-order valence-corrected chi connectivity index (χ4v) is 3.46. The highest BCUT2D eigenvalue weighted by Crippen LogP contribution is 2.39. The Kier molecular flexibility index (Phi) is 6.14. The van der Waals surface area contributed by atoms with Crippen LogP contribution in [0, 0.1) is 10.1 Å². The number of hydrogen-bond donors (Lipinski definition) is 0. The molecule has 0 atom stereocenters. The van der Waals surface area contributed by atoms with Crippen molar-refractivity contribution in [3.05, 3.63) is 63.7 Å². The number of piperazine rings is 1. The van der Waals surface area contributed by atoms with Crippen molar-refractivity contribution >= 4 is 28.9 Å². The van der Waals surface area contributed by atoms with Crippen molar-refractivity contribution in [1.29, 1.82) is 0 Å². The number of halogens is 4. The van der Waals surface area contributed by atoms with E-state index in [-0.39, 0.29) is 5.82 Å². The molecule has 14 heteroatoms. The Morgan fingerprint density at radius 3 is 2.36 bits per heavy atom. The summed E-state index contributed by atoms with van der Waals surface area (Å²) < 4.78 is 43.8. The van der Waals surface area contributed by atoms with Gasteiger partial charge in [-0.1, -0.05) is 17.7 Å². The highest BCUT2D eigenvalue weighted by molar-refractivity contribution is 6.31. The summed E-state index contributed by atoms with van der Waals surface area (Å²) in [5.74, 6) is -0.112. The molecule has 172 valence electrons. The third-order valence-electron chi connectivity index (χ3n) is 4.83. The van der Waals surface area contributed by atoms with Crippen LogP contribution in [-0.2, 0) is 6.18 Å². The van der Waals surface area contributed by atoms with E-state index < -0.39 is 39.1 Å². The molecule has 0 N–H and O–H groups in total. The lowest BCUT2D eigenvalue weighted by Crippen LogP contribution is -2.47. The molecule has 33 heavy (non-hydrogen) atoms. The van der Waals surface area contributed by atoms with Gasteiger partial charge in [-0.2, -0.15) is 18.2 Å². The molecule has 0 bridgehead atoms. The van der Waals surface area contributed by atoms with Crippen LogP contribution in [0.3, 0.4) is 0 Å². The first-order valence-corrected chi connectivity index (χ1v) is 9.92. The van der Waals surface area contributed by atoms with Gasteiger partial charge in [-0.15, -0.1) is 0 Å². The summed E-state index contributed by atoms with van der Waals surface area (Å²) in [6.07, 6.45) is -1.38. The van der Waals surface area contributed by atoms with Crippen LogP contribution in [0.5, 0.6) is 11.8 Å². The van der Waals surface area contributed by atoms with Gasteiger partial charge < -0.3 is 14.5 Å². The Bertz CT molecular complexity index is 1160. The zero-order chi connectivity index (χ0) is 23.6. The van der Waals surface area contributed by atoms with E-state index in [0.29, 0.717) is 38.4 Å². The first kappa shape index (κ1) is 22.5. The van der Waals surface area contributed by atoms with Crippen LogP contribution in [0.4, 0.5) is 30.5 Å². The molecule has 0 saturated carbocycles. The molecule has 4 heterocycles. The number of pyridine rings is 2. The summed E-state index contributed by atoms with van der Waals surface area (Å²) in [7, 11) is 0. The third kappa shape index (κ3) is 4.87. The van der Waals surface area contributed by atoms with Gasteiger partial charge >= 0.3 is 17.7 Å². The molecule has 3 aromatic rings. The van der Waals surface area contributed by atoms with Gasteiger partial charge in [-0.3, -0.25) is 10.1 Å². The second-order valence-corrected chi connectivity index (χ2v) is 7.29. The van der Waals surface area contributed by atoms with Gasteiger partial charge in [0.25, 0.3) is 0 Å². The average molecular weight is 482 g/mol. The minimum Gasteiger partial charge on any atom is -0.413 e. The molecule has 0 aliphatic carbocycles. The highest BCUT2D eigenvalue weighted by atomic mass is 35.5. The second-order valence-electron chi connectivity index (χ2n) is 6.88. The van der Waals surface area contributed by atoms with E-state index in [1.165, 1.54) is 0 Å². The number of rotatable bonds is 5. The lowest BCUT2D eigenvalue weighted by molar-refractivity contribution is -0.385. The summed E-state index contributed by atoms with van der Waals surface area (Å²) in [5.41, 5.74) is -1.62. The van der Waals surface area contributed by atoms with Crippen molar-refractivity contribution in [2.24, 2.45) is 0 Å². The third-order valence-corrected chi connectivity index (χ3v) is 5.10. The zero-order valence-electron chi connectivity index (χ0n) is 16.7. The number of ether oxygens (including phenoxy) is 1. The summed E-state index contributed by atoms with van der Waals surface area (Å²) >= 11 is 5.86. The lowest BCUT2D eigenvalue weighted by atomic mass is 10.3. The Labute approximate surface area is 189 Å². The average Bonchev–Trinajstić information content (AvgIpc) is 2.80. The smallest absolute Gasteiger partial charge is 0.413 e. The van der Waals surface area contributed by atoms with E-state index in [4.69, 9.17) is 16.3 Å². The fourth-order valence-electron chi connectivity index (χ4n) is 3.25. The Morgan fingerprint density at radius 2 is 1.76 bits per heavy atom. The van der Waals surface area contributed by atoms with Crippen molar-refractivity contribution in [2.45, 2.75) is 6.18 Å². The monoisotopic (exact) mass is 481 g/mol. The van der Waals surface area contributed by atoms with Crippen molar-refractivity contribution in [1.82, 2.24) is 19.9 Å². The Hall–Kier alpha value is -3.74. The molecular weight excluding hydrogens is 467 g/mol. The molecule has 3 aromatic heterocycles. The molecule has 4 rings (SSSR count). The zero-order valence-corrected chi connectivity index (χ0v) is 17.5. The predicted molar refractivity (Wildman–Crippen MR) is 112 cm³/mol. The molecule has 0 amide bonds. The van der Waals surface area contributed by atoms with Crippen LogP contribution in [0.2, 0.25) is 5.02 Å². The summed E-state index contributed by atoms with van der Waals surface area (Å²) in [6, 6.07) is 6.17. The van der Waals surface area contributed by atoms with Crippen LogP contribution < -0.4 is 14.5 Å². The van der Waals surface area contributed by atoms with Crippen LogP contribution in [-0.4, -0.2) is 51.0 Å². The maximum atomic E-state index is 12.8. The number of nitrogens with zero attached hydrogens (tertiary/aromatic N) is 7. The quantitative estimate of drug-likeness (QED) is 0.395. The molecule has 0 spiro atoms. The van der Waals surface area contributed by atoms with Crippen LogP contribution >= 0.6 is 11.6 Å². The fraction of sp³-hybridized carbons (Fsp3) is 0.263. The number of aromatic nitrogens is 4. The van der Waals surface area contributed by atoms with E-state index in [9.17, 15) is 23.3 Å². The largest absolute Gasteiger partial charge is 0.417 e. The SMILES string of the molecule is O=[N+]([O-])c1c(Oc2ncc(C(F)(F)F)cc2Cl)ncnc1N1CCN(c2ccccn2)CC1. The molecular formula is C19H15ClF3N7O3. The van der Waals surface area contributed by atoms with Gasteiger partial charge in [0.05, 0.1) is 10.5 Å². The molecule has 0 unspecified atom stereocenters. The molecule has 1 aliphatic rings. The van der Waals surface area contributed by atoms with Gasteiger partial charge in [-0.25, -0.2) is 15.0 Å². The van der Waals surface area contributed by atoms with Crippen molar-refractivity contribution in [3.63, 3.8) is 0 Å². The molecule has 1 saturated heterocycles. The maximum Gasteiger partial charge on any atom is 0.417 e. The first-order valence-electron chi connectivity index (χ1n) is 9.55. The van der Waals surface area contributed by atoms with E-state index in [1.54, 1.807) is 11.1 Å². The van der Waals surface area contributed by atoms with Crippen LogP contribution in [0.15, 0.2) is 43.0 Å². The van der Waals surface area contributed by atoms with E-state index in [2.05, 4.69) is 19.9 Å². The van der Waals surface area contributed by atoms with E-state index in [0.717, 1.165) is 12.1 Å². The number of hydrogen-bond acceptors (Lipinski definition) is 9. The van der Waals surface area contributed by atoms with Crippen LogP contribution in [0.1, 0.15) is 5.56 Å². The number of alkyl halides is 3. The molecule has 10 nitrogen and oxygen atoms in total. The van der Waals surface area contributed by atoms with Gasteiger partial charge in [-0.05, 0) is 18.2 Å². The van der Waals surface area contributed by atoms with Crippen LogP contribution in [0.25, 0.3) is 0 Å². The topological polar surface area (TPSA) is 110 Å². The minimum absolute atomic E-state index is 0.0219. The number of anilines is 2. The summed E-state index contributed by atoms with van der Waals surface area (Å²) in [4.78, 5) is 30.5. The molecule has 1 aliphatic heterocycles. The van der Waals surface area contributed by atoms with Gasteiger partial charge in [0.1, 0.15) is 17.2 Å². The van der Waals surface area contributed by atoms with Gasteiger partial charge in [0.2, 0.25) is 11.7 Å². The summed E-state index contributed by atoms with van der Waals surface area (Å²) in [5, 5.41) is 11.4. The van der Waals surface area contributed by atoms with Crippen molar-refractivity contribution in [2.75, 3.05) is 36.0 Å². The predicted octanol–water partition coefficient (Wildman–Crippen LogP) is 3.97. The molecule has 0 aromatic carbocycles. The van der Waals surface area contributed by atoms with Gasteiger partial charge in [0.15, 0.2) is 0 Å². The van der Waals surface area contributed by atoms with Crippen molar-refractivity contribution in [3.8, 4) is 11.8 Å². The number of nitro groups is 1. The van der Waals surface area contributed by atoms with E-state index in [1.807, 2.05) is 23.1 Å². The van der Waals surface area contributed by atoms with Gasteiger partial charge in [0, 0.05) is 38.6 Å². The lowest BCUT2D eigenvalue weighted by Gasteiger charge is -2.35.